The minimum atomic E-state index is 0.663. The molecule has 2 heterocycles. The fourth-order valence-corrected chi connectivity index (χ4v) is 2.36. The minimum Gasteiger partial charge on any atom is -0.425 e. The molecule has 0 aliphatic heterocycles. The van der Waals surface area contributed by atoms with Crippen molar-refractivity contribution in [3.63, 3.8) is 0 Å². The minimum absolute atomic E-state index is 0.663. The Labute approximate surface area is 105 Å². The van der Waals surface area contributed by atoms with Gasteiger partial charge in [-0.3, -0.25) is 0 Å². The average molecular weight is 251 g/mol. The van der Waals surface area contributed by atoms with Crippen molar-refractivity contribution in [2.75, 3.05) is 6.54 Å². The molecule has 0 amide bonds. The van der Waals surface area contributed by atoms with E-state index < -0.39 is 0 Å². The molecule has 2 rings (SSSR count). The smallest absolute Gasteiger partial charge is 0.216 e. The van der Waals surface area contributed by atoms with Crippen molar-refractivity contribution in [2.24, 2.45) is 5.73 Å². The lowest BCUT2D eigenvalue weighted by Crippen LogP contribution is -2.00. The maximum atomic E-state index is 5.53. The van der Waals surface area contributed by atoms with Gasteiger partial charge in [0.05, 0.1) is 0 Å². The van der Waals surface area contributed by atoms with E-state index in [1.165, 1.54) is 4.88 Å². The van der Waals surface area contributed by atoms with Gasteiger partial charge in [0.15, 0.2) is 0 Å². The monoisotopic (exact) mass is 251 g/mol. The van der Waals surface area contributed by atoms with Gasteiger partial charge in [-0.15, -0.1) is 21.5 Å². The fraction of sp³-hybridized carbons (Fsp3) is 0.500. The number of rotatable bonds is 7. The van der Waals surface area contributed by atoms with Gasteiger partial charge in [0.1, 0.15) is 0 Å². The van der Waals surface area contributed by atoms with E-state index in [-0.39, 0.29) is 0 Å². The highest BCUT2D eigenvalue weighted by atomic mass is 32.1. The van der Waals surface area contributed by atoms with Crippen LogP contribution in [-0.4, -0.2) is 16.7 Å². The zero-order valence-electron chi connectivity index (χ0n) is 9.76. The van der Waals surface area contributed by atoms with Gasteiger partial charge in [-0.2, -0.15) is 0 Å². The van der Waals surface area contributed by atoms with E-state index >= 15 is 0 Å². The second kappa shape index (κ2) is 6.51. The molecule has 0 radical (unpaired) electrons. The second-order valence-electron chi connectivity index (χ2n) is 3.91. The summed E-state index contributed by atoms with van der Waals surface area (Å²) >= 11 is 1.79. The van der Waals surface area contributed by atoms with Crippen LogP contribution in [0.5, 0.6) is 0 Å². The lowest BCUT2D eigenvalue weighted by Gasteiger charge is -1.94. The average Bonchev–Trinajstić information content (AvgIpc) is 2.98. The number of thiophene rings is 1. The molecule has 0 unspecified atom stereocenters. The number of hydrogen-bond donors (Lipinski definition) is 1. The summed E-state index contributed by atoms with van der Waals surface area (Å²) in [5.41, 5.74) is 5.43. The zero-order chi connectivity index (χ0) is 11.9. The van der Waals surface area contributed by atoms with E-state index in [2.05, 4.69) is 27.7 Å². The first-order chi connectivity index (χ1) is 8.38. The predicted octanol–water partition coefficient (Wildman–Crippen LogP) is 2.20. The largest absolute Gasteiger partial charge is 0.425 e. The highest BCUT2D eigenvalue weighted by Gasteiger charge is 2.05. The number of nitrogens with two attached hydrogens (primary N) is 1. The number of hydrogen-bond acceptors (Lipinski definition) is 5. The standard InChI is InChI=1S/C12H17N3OS/c13-8-2-7-12-15-14-11(16-12)6-1-4-10-5-3-9-17-10/h3,5,9H,1-2,4,6-8,13H2. The first-order valence-corrected chi connectivity index (χ1v) is 6.80. The summed E-state index contributed by atoms with van der Waals surface area (Å²) in [6.07, 6.45) is 4.68. The molecule has 5 heteroatoms. The van der Waals surface area contributed by atoms with Crippen molar-refractivity contribution in [1.29, 1.82) is 0 Å². The lowest BCUT2D eigenvalue weighted by atomic mass is 10.2. The van der Waals surface area contributed by atoms with Gasteiger partial charge in [-0.1, -0.05) is 6.07 Å². The van der Waals surface area contributed by atoms with Crippen LogP contribution in [0.3, 0.4) is 0 Å². The Hall–Kier alpha value is -1.20. The molecule has 0 saturated heterocycles. The molecule has 92 valence electrons. The Morgan fingerprint density at radius 1 is 1.12 bits per heavy atom. The van der Waals surface area contributed by atoms with Crippen LogP contribution in [-0.2, 0) is 19.3 Å². The zero-order valence-corrected chi connectivity index (χ0v) is 10.6. The SMILES string of the molecule is NCCCc1nnc(CCCc2cccs2)o1. The molecular weight excluding hydrogens is 234 g/mol. The maximum absolute atomic E-state index is 5.53. The third-order valence-electron chi connectivity index (χ3n) is 2.50. The highest BCUT2D eigenvalue weighted by molar-refractivity contribution is 7.09. The number of aryl methyl sites for hydroxylation is 3. The van der Waals surface area contributed by atoms with E-state index in [4.69, 9.17) is 10.2 Å². The van der Waals surface area contributed by atoms with Crippen LogP contribution in [0, 0.1) is 0 Å². The topological polar surface area (TPSA) is 64.9 Å². The summed E-state index contributed by atoms with van der Waals surface area (Å²) in [6.45, 7) is 0.663. The Kier molecular flexibility index (Phi) is 4.70. The number of nitrogens with zero attached hydrogens (tertiary/aromatic N) is 2. The molecule has 2 aromatic heterocycles. The molecule has 0 fully saturated rings. The third-order valence-corrected chi connectivity index (χ3v) is 3.43. The van der Waals surface area contributed by atoms with Gasteiger partial charge in [0.2, 0.25) is 11.8 Å². The van der Waals surface area contributed by atoms with Crippen molar-refractivity contribution >= 4 is 11.3 Å². The molecule has 0 spiro atoms. The predicted molar refractivity (Wildman–Crippen MR) is 68.0 cm³/mol. The van der Waals surface area contributed by atoms with Crippen molar-refractivity contribution < 1.29 is 4.42 Å². The maximum Gasteiger partial charge on any atom is 0.216 e. The number of aromatic nitrogens is 2. The normalized spacial score (nSPS) is 10.9. The van der Waals surface area contributed by atoms with E-state index in [0.29, 0.717) is 12.4 Å². The first-order valence-electron chi connectivity index (χ1n) is 5.92. The van der Waals surface area contributed by atoms with Crippen molar-refractivity contribution in [3.8, 4) is 0 Å². The van der Waals surface area contributed by atoms with Crippen LogP contribution in [0.2, 0.25) is 0 Å². The molecule has 0 saturated carbocycles. The van der Waals surface area contributed by atoms with Gasteiger partial charge >= 0.3 is 0 Å². The molecule has 0 bridgehead atoms. The van der Waals surface area contributed by atoms with E-state index in [1.54, 1.807) is 11.3 Å². The highest BCUT2D eigenvalue weighted by Crippen LogP contribution is 2.13. The Morgan fingerprint density at radius 2 is 1.88 bits per heavy atom. The molecule has 4 nitrogen and oxygen atoms in total. The summed E-state index contributed by atoms with van der Waals surface area (Å²) in [4.78, 5) is 1.41. The van der Waals surface area contributed by atoms with Crippen LogP contribution in [0.1, 0.15) is 29.5 Å². The van der Waals surface area contributed by atoms with Crippen molar-refractivity contribution in [3.05, 3.63) is 34.2 Å². The molecule has 0 aromatic carbocycles. The van der Waals surface area contributed by atoms with Crippen LogP contribution < -0.4 is 5.73 Å². The summed E-state index contributed by atoms with van der Waals surface area (Å²) in [6, 6.07) is 4.24. The molecule has 0 aliphatic carbocycles. The summed E-state index contributed by atoms with van der Waals surface area (Å²) in [5.74, 6) is 1.45. The molecule has 2 N–H and O–H groups in total. The van der Waals surface area contributed by atoms with Gasteiger partial charge in [0.25, 0.3) is 0 Å². The molecule has 0 atom stereocenters. The van der Waals surface area contributed by atoms with Crippen LogP contribution >= 0.6 is 11.3 Å². The van der Waals surface area contributed by atoms with Gasteiger partial charge in [0, 0.05) is 17.7 Å². The van der Waals surface area contributed by atoms with Crippen LogP contribution in [0.25, 0.3) is 0 Å². The first kappa shape index (κ1) is 12.3. The van der Waals surface area contributed by atoms with Crippen LogP contribution in [0.15, 0.2) is 21.9 Å². The third kappa shape index (κ3) is 3.94. The molecular formula is C12H17N3OS. The second-order valence-corrected chi connectivity index (χ2v) is 4.95. The van der Waals surface area contributed by atoms with Crippen molar-refractivity contribution in [2.45, 2.75) is 32.1 Å². The van der Waals surface area contributed by atoms with Crippen molar-refractivity contribution in [1.82, 2.24) is 10.2 Å². The van der Waals surface area contributed by atoms with E-state index in [0.717, 1.165) is 38.0 Å². The van der Waals surface area contributed by atoms with Gasteiger partial charge in [-0.05, 0) is 37.3 Å². The summed E-state index contributed by atoms with van der Waals surface area (Å²) in [5, 5.41) is 10.1. The molecule has 0 aliphatic rings. The van der Waals surface area contributed by atoms with Gasteiger partial charge < -0.3 is 10.2 Å². The van der Waals surface area contributed by atoms with E-state index in [1.807, 2.05) is 0 Å². The van der Waals surface area contributed by atoms with Crippen LogP contribution in [0.4, 0.5) is 0 Å². The molecule has 2 aromatic rings. The lowest BCUT2D eigenvalue weighted by molar-refractivity contribution is 0.441. The molecule has 17 heavy (non-hydrogen) atoms. The van der Waals surface area contributed by atoms with Gasteiger partial charge in [-0.25, -0.2) is 0 Å². The summed E-state index contributed by atoms with van der Waals surface area (Å²) < 4.78 is 5.53. The Balaban J connectivity index is 1.73. The Morgan fingerprint density at radius 3 is 2.53 bits per heavy atom. The fourth-order valence-electron chi connectivity index (χ4n) is 1.61. The summed E-state index contributed by atoms with van der Waals surface area (Å²) in [7, 11) is 0. The Bertz CT molecular complexity index is 425. The quantitative estimate of drug-likeness (QED) is 0.819. The van der Waals surface area contributed by atoms with E-state index in [9.17, 15) is 0 Å².